The summed E-state index contributed by atoms with van der Waals surface area (Å²) in [6, 6.07) is 0. The lowest BCUT2D eigenvalue weighted by atomic mass is 9.83. The number of allylic oxidation sites excluding steroid dienone is 3. The van der Waals surface area contributed by atoms with E-state index in [1.165, 1.54) is 6.08 Å². The van der Waals surface area contributed by atoms with Gasteiger partial charge in [0.15, 0.2) is 0 Å². The number of rotatable bonds is 4. The number of alkyl halides is 4. The molecule has 0 N–H and O–H groups in total. The van der Waals surface area contributed by atoms with Crippen molar-refractivity contribution in [2.45, 2.75) is 47.1 Å². The zero-order valence-corrected chi connectivity index (χ0v) is 16.2. The highest BCUT2D eigenvalue weighted by Crippen LogP contribution is 2.40. The molecule has 132 valence electrons. The predicted octanol–water partition coefficient (Wildman–Crippen LogP) is 6.37. The minimum absolute atomic E-state index is 0.0377. The lowest BCUT2D eigenvalue weighted by Crippen LogP contribution is -2.24. The summed E-state index contributed by atoms with van der Waals surface area (Å²) in [5, 5.41) is 0.692. The van der Waals surface area contributed by atoms with Gasteiger partial charge in [0.05, 0.1) is 4.58 Å². The van der Waals surface area contributed by atoms with Gasteiger partial charge in [0.1, 0.15) is 0 Å². The van der Waals surface area contributed by atoms with Gasteiger partial charge in [-0.05, 0) is 37.9 Å². The second kappa shape index (κ2) is 9.35. The van der Waals surface area contributed by atoms with Gasteiger partial charge >= 0.3 is 6.18 Å². The largest absolute Gasteiger partial charge is 0.412 e. The van der Waals surface area contributed by atoms with Crippen molar-refractivity contribution in [2.24, 2.45) is 5.92 Å². The van der Waals surface area contributed by atoms with Gasteiger partial charge in [-0.3, -0.25) is 0 Å². The maximum Gasteiger partial charge on any atom is 0.412 e. The molecule has 0 amide bonds. The average molecular weight is 403 g/mol. The first-order valence-electron chi connectivity index (χ1n) is 7.75. The lowest BCUT2D eigenvalue weighted by molar-refractivity contribution is -0.100. The minimum Gasteiger partial charge on any atom is -0.166 e. The molecule has 0 atom stereocenters. The van der Waals surface area contributed by atoms with Crippen molar-refractivity contribution < 1.29 is 13.2 Å². The Bertz CT molecular complexity index is 421. The van der Waals surface area contributed by atoms with Crippen molar-refractivity contribution in [3.8, 4) is 0 Å². The van der Waals surface area contributed by atoms with Gasteiger partial charge in [-0.1, -0.05) is 18.2 Å². The molecule has 1 saturated carbocycles. The quantitative estimate of drug-likeness (QED) is 0.396. The highest BCUT2D eigenvalue weighted by molar-refractivity contribution is 8.19. The number of halogens is 4. The van der Waals surface area contributed by atoms with Crippen LogP contribution in [0.4, 0.5) is 13.2 Å². The fraction of sp³-hybridized carbons (Fsp3) is 0.750. The summed E-state index contributed by atoms with van der Waals surface area (Å²) in [7, 11) is 0. The molecule has 0 aromatic heterocycles. The van der Waals surface area contributed by atoms with E-state index in [1.807, 2.05) is 41.4 Å². The van der Waals surface area contributed by atoms with Crippen molar-refractivity contribution >= 4 is 46.9 Å². The Morgan fingerprint density at radius 2 is 1.74 bits per heavy atom. The molecule has 2 rings (SSSR count). The molecule has 1 heterocycles. The number of thioether (sulfide) groups is 3. The van der Waals surface area contributed by atoms with Crippen LogP contribution in [-0.2, 0) is 0 Å². The summed E-state index contributed by atoms with van der Waals surface area (Å²) >= 11 is 11.5. The van der Waals surface area contributed by atoms with Gasteiger partial charge in [0.25, 0.3) is 0 Å². The molecule has 1 aliphatic heterocycles. The fourth-order valence-corrected chi connectivity index (χ4v) is 7.09. The average Bonchev–Trinajstić information content (AvgIpc) is 2.52. The van der Waals surface area contributed by atoms with E-state index in [2.05, 4.69) is 6.26 Å². The molecule has 1 aliphatic carbocycles. The zero-order chi connectivity index (χ0) is 16.9. The molecule has 0 aromatic rings. The van der Waals surface area contributed by atoms with E-state index in [0.29, 0.717) is 30.9 Å². The highest BCUT2D eigenvalue weighted by atomic mass is 35.5. The van der Waals surface area contributed by atoms with E-state index in [-0.39, 0.29) is 15.5 Å². The van der Waals surface area contributed by atoms with Crippen molar-refractivity contribution in [2.75, 3.05) is 17.8 Å². The summed E-state index contributed by atoms with van der Waals surface area (Å²) in [6.07, 6.45) is 5.10. The molecule has 2 fully saturated rings. The zero-order valence-electron chi connectivity index (χ0n) is 13.0. The standard InChI is InChI=1S/C16H22ClF3S3/c1-21-13-9-22-15(23-10-13)4-2-3-14(16(18,19)20)11-5-7-12(17)8-6-11/h2-4,11-13,15H,5-10H2,1H3/b4-2+,14-3-. The van der Waals surface area contributed by atoms with E-state index < -0.39 is 12.1 Å². The van der Waals surface area contributed by atoms with Crippen molar-refractivity contribution in [1.82, 2.24) is 0 Å². The topological polar surface area (TPSA) is 0 Å². The lowest BCUT2D eigenvalue weighted by Gasteiger charge is -2.28. The summed E-state index contributed by atoms with van der Waals surface area (Å²) < 4.78 is 40.2. The van der Waals surface area contributed by atoms with Crippen LogP contribution in [0.3, 0.4) is 0 Å². The van der Waals surface area contributed by atoms with E-state index in [0.717, 1.165) is 11.5 Å². The molecule has 0 bridgehead atoms. The summed E-state index contributed by atoms with van der Waals surface area (Å²) in [5.74, 6) is 1.74. The second-order valence-electron chi connectivity index (χ2n) is 5.85. The normalized spacial score (nSPS) is 34.0. The van der Waals surface area contributed by atoms with Crippen LogP contribution < -0.4 is 0 Å². The van der Waals surface area contributed by atoms with Crippen molar-refractivity contribution in [1.29, 1.82) is 0 Å². The van der Waals surface area contributed by atoms with Crippen molar-refractivity contribution in [3.05, 3.63) is 23.8 Å². The fourth-order valence-electron chi connectivity index (χ4n) is 2.82. The third-order valence-electron chi connectivity index (χ3n) is 4.19. The Balaban J connectivity index is 1.96. The van der Waals surface area contributed by atoms with Crippen LogP contribution in [-0.4, -0.2) is 39.1 Å². The molecule has 1 saturated heterocycles. The van der Waals surface area contributed by atoms with Crippen LogP contribution in [0.1, 0.15) is 25.7 Å². The van der Waals surface area contributed by atoms with E-state index in [4.69, 9.17) is 11.6 Å². The van der Waals surface area contributed by atoms with Gasteiger partial charge in [-0.2, -0.15) is 24.9 Å². The SMILES string of the molecule is CSC1CSC(/C=C/C=C(/C2CCC(Cl)CC2)C(F)(F)F)SC1. The maximum atomic E-state index is 13.3. The molecule has 0 spiro atoms. The Morgan fingerprint density at radius 3 is 2.26 bits per heavy atom. The Labute approximate surface area is 154 Å². The Morgan fingerprint density at radius 1 is 1.13 bits per heavy atom. The highest BCUT2D eigenvalue weighted by Gasteiger charge is 2.39. The van der Waals surface area contributed by atoms with Gasteiger partial charge in [-0.25, -0.2) is 0 Å². The van der Waals surface area contributed by atoms with Gasteiger partial charge in [0, 0.05) is 27.7 Å². The first kappa shape index (κ1) is 19.9. The van der Waals surface area contributed by atoms with Crippen LogP contribution in [0.2, 0.25) is 0 Å². The Hall–Kier alpha value is 0.610. The van der Waals surface area contributed by atoms with Crippen LogP contribution in [0, 0.1) is 5.92 Å². The number of hydrogen-bond donors (Lipinski definition) is 0. The first-order valence-corrected chi connectivity index (χ1v) is 11.6. The molecule has 7 heteroatoms. The van der Waals surface area contributed by atoms with E-state index in [1.54, 1.807) is 6.08 Å². The summed E-state index contributed by atoms with van der Waals surface area (Å²) in [4.78, 5) is 0. The van der Waals surface area contributed by atoms with Gasteiger partial charge in [-0.15, -0.1) is 35.1 Å². The molecule has 0 unspecified atom stereocenters. The molecule has 0 nitrogen and oxygen atoms in total. The van der Waals surface area contributed by atoms with Crippen LogP contribution in [0.15, 0.2) is 23.8 Å². The molecule has 2 aliphatic rings. The maximum absolute atomic E-state index is 13.3. The smallest absolute Gasteiger partial charge is 0.166 e. The first-order chi connectivity index (χ1) is 10.9. The molecule has 0 aromatic carbocycles. The molecular weight excluding hydrogens is 381 g/mol. The third kappa shape index (κ3) is 6.44. The van der Waals surface area contributed by atoms with Gasteiger partial charge in [0.2, 0.25) is 0 Å². The molecule has 23 heavy (non-hydrogen) atoms. The molecular formula is C16H22ClF3S3. The second-order valence-corrected chi connectivity index (χ2v) is 10.2. The summed E-state index contributed by atoms with van der Waals surface area (Å²) in [6.45, 7) is 0. The van der Waals surface area contributed by atoms with Gasteiger partial charge < -0.3 is 0 Å². The summed E-state index contributed by atoms with van der Waals surface area (Å²) in [5.41, 5.74) is -0.384. The van der Waals surface area contributed by atoms with Crippen LogP contribution >= 0.6 is 46.9 Å². The Kier molecular flexibility index (Phi) is 8.10. The van der Waals surface area contributed by atoms with Crippen LogP contribution in [0.25, 0.3) is 0 Å². The molecule has 0 radical (unpaired) electrons. The predicted molar refractivity (Wildman–Crippen MR) is 101 cm³/mol. The monoisotopic (exact) mass is 402 g/mol. The van der Waals surface area contributed by atoms with Crippen molar-refractivity contribution in [3.63, 3.8) is 0 Å². The van der Waals surface area contributed by atoms with Crippen LogP contribution in [0.5, 0.6) is 0 Å². The van der Waals surface area contributed by atoms with E-state index >= 15 is 0 Å². The van der Waals surface area contributed by atoms with E-state index in [9.17, 15) is 13.2 Å². The number of hydrogen-bond acceptors (Lipinski definition) is 3. The minimum atomic E-state index is -4.25. The third-order valence-corrected chi connectivity index (χ3v) is 9.03.